The lowest BCUT2D eigenvalue weighted by atomic mass is 9.92. The van der Waals surface area contributed by atoms with Crippen LogP contribution in [-0.4, -0.2) is 50.8 Å². The molecule has 1 fully saturated rings. The van der Waals surface area contributed by atoms with Crippen molar-refractivity contribution >= 4 is 15.8 Å². The van der Waals surface area contributed by atoms with Gasteiger partial charge in [-0.3, -0.25) is 4.79 Å². The van der Waals surface area contributed by atoms with Gasteiger partial charge in [0.1, 0.15) is 5.82 Å². The van der Waals surface area contributed by atoms with Gasteiger partial charge in [-0.25, -0.2) is 12.8 Å². The first-order valence-corrected chi connectivity index (χ1v) is 9.13. The van der Waals surface area contributed by atoms with E-state index in [9.17, 15) is 17.6 Å². The third-order valence-corrected chi connectivity index (χ3v) is 6.95. The molecule has 1 aliphatic rings. The quantitative estimate of drug-likeness (QED) is 0.604. The Morgan fingerprint density at radius 1 is 1.26 bits per heavy atom. The van der Waals surface area contributed by atoms with Crippen LogP contribution in [0.2, 0.25) is 0 Å². The first-order chi connectivity index (χ1) is 10.8. The third-order valence-electron chi connectivity index (χ3n) is 4.36. The molecule has 0 radical (unpaired) electrons. The van der Waals surface area contributed by atoms with Crippen molar-refractivity contribution in [2.24, 2.45) is 0 Å². The zero-order valence-corrected chi connectivity index (χ0v) is 14.2. The molecule has 1 aliphatic heterocycles. The summed E-state index contributed by atoms with van der Waals surface area (Å²) in [5, 5.41) is 0. The highest BCUT2D eigenvalue weighted by molar-refractivity contribution is 7.92. The van der Waals surface area contributed by atoms with Crippen LogP contribution in [0.5, 0.6) is 0 Å². The minimum Gasteiger partial charge on any atom is -0.466 e. The number of rotatable bonds is 5. The Morgan fingerprint density at radius 2 is 1.83 bits per heavy atom. The smallest absolute Gasteiger partial charge is 0.307 e. The molecule has 128 valence electrons. The van der Waals surface area contributed by atoms with Crippen molar-refractivity contribution in [2.75, 3.05) is 26.7 Å². The second kappa shape index (κ2) is 6.97. The van der Waals surface area contributed by atoms with Crippen LogP contribution < -0.4 is 0 Å². The minimum atomic E-state index is -3.77. The SMILES string of the molecule is CCOC(=O)CC1(S(=O)(=O)c2ccc(F)cc2)CCN(C)CC1. The van der Waals surface area contributed by atoms with Gasteiger partial charge in [0, 0.05) is 0 Å². The van der Waals surface area contributed by atoms with Crippen molar-refractivity contribution in [2.45, 2.75) is 35.8 Å². The molecule has 1 aromatic carbocycles. The number of hydrogen-bond acceptors (Lipinski definition) is 5. The van der Waals surface area contributed by atoms with Gasteiger partial charge >= 0.3 is 5.97 Å². The predicted octanol–water partition coefficient (Wildman–Crippen LogP) is 2.02. The molecule has 0 aliphatic carbocycles. The van der Waals surface area contributed by atoms with Crippen molar-refractivity contribution in [1.29, 1.82) is 0 Å². The fourth-order valence-electron chi connectivity index (χ4n) is 2.91. The Kier molecular flexibility index (Phi) is 5.41. The number of piperidine rings is 1. The van der Waals surface area contributed by atoms with Gasteiger partial charge in [-0.15, -0.1) is 0 Å². The average Bonchev–Trinajstić information content (AvgIpc) is 2.50. The summed E-state index contributed by atoms with van der Waals surface area (Å²) < 4.78 is 43.1. The molecular weight excluding hydrogens is 321 g/mol. The van der Waals surface area contributed by atoms with E-state index in [0.717, 1.165) is 12.1 Å². The average molecular weight is 343 g/mol. The van der Waals surface area contributed by atoms with Crippen molar-refractivity contribution in [3.63, 3.8) is 0 Å². The number of benzene rings is 1. The monoisotopic (exact) mass is 343 g/mol. The van der Waals surface area contributed by atoms with Gasteiger partial charge in [0.05, 0.1) is 22.7 Å². The molecule has 0 aromatic heterocycles. The van der Waals surface area contributed by atoms with E-state index in [1.54, 1.807) is 6.92 Å². The highest BCUT2D eigenvalue weighted by Gasteiger charge is 2.48. The van der Waals surface area contributed by atoms with E-state index in [2.05, 4.69) is 0 Å². The van der Waals surface area contributed by atoms with Gasteiger partial charge in [-0.05, 0) is 64.2 Å². The highest BCUT2D eigenvalue weighted by atomic mass is 32.2. The summed E-state index contributed by atoms with van der Waals surface area (Å²) in [5.74, 6) is -1.01. The lowest BCUT2D eigenvalue weighted by Crippen LogP contribution is -2.49. The van der Waals surface area contributed by atoms with Gasteiger partial charge in [0.25, 0.3) is 0 Å². The van der Waals surface area contributed by atoms with Crippen LogP contribution in [0.25, 0.3) is 0 Å². The summed E-state index contributed by atoms with van der Waals surface area (Å²) in [6.07, 6.45) is 0.526. The Bertz CT molecular complexity index is 649. The van der Waals surface area contributed by atoms with Crippen molar-refractivity contribution in [3.05, 3.63) is 30.1 Å². The third kappa shape index (κ3) is 3.72. The minimum absolute atomic E-state index is 0.0488. The van der Waals surface area contributed by atoms with Crippen LogP contribution in [0.4, 0.5) is 4.39 Å². The molecule has 0 saturated carbocycles. The molecule has 0 spiro atoms. The van der Waals surface area contributed by atoms with Crippen LogP contribution >= 0.6 is 0 Å². The zero-order valence-electron chi connectivity index (χ0n) is 13.4. The summed E-state index contributed by atoms with van der Waals surface area (Å²) in [5.41, 5.74) is 0. The van der Waals surface area contributed by atoms with Gasteiger partial charge in [-0.2, -0.15) is 0 Å². The summed E-state index contributed by atoms with van der Waals surface area (Å²) in [6, 6.07) is 4.77. The molecule has 0 bridgehead atoms. The van der Waals surface area contributed by atoms with Crippen LogP contribution in [0.15, 0.2) is 29.2 Å². The number of nitrogens with zero attached hydrogens (tertiary/aromatic N) is 1. The number of ether oxygens (including phenoxy) is 1. The Morgan fingerprint density at radius 3 is 2.35 bits per heavy atom. The molecular formula is C16H22FNO4S. The number of likely N-dealkylation sites (tertiary alicyclic amines) is 1. The molecule has 2 rings (SSSR count). The van der Waals surface area contributed by atoms with Gasteiger partial charge in [0.15, 0.2) is 9.84 Å². The first kappa shape index (κ1) is 17.9. The fourth-order valence-corrected chi connectivity index (χ4v) is 4.93. The topological polar surface area (TPSA) is 63.7 Å². The van der Waals surface area contributed by atoms with E-state index in [0.29, 0.717) is 25.9 Å². The zero-order chi connectivity index (χ0) is 17.1. The van der Waals surface area contributed by atoms with Crippen LogP contribution in [0.1, 0.15) is 26.2 Å². The molecule has 0 amide bonds. The normalized spacial score (nSPS) is 18.6. The predicted molar refractivity (Wildman–Crippen MR) is 84.3 cm³/mol. The Labute approximate surface area is 136 Å². The molecule has 1 saturated heterocycles. The van der Waals surface area contributed by atoms with E-state index in [-0.39, 0.29) is 17.9 Å². The number of carbonyl (C=O) groups is 1. The highest BCUT2D eigenvalue weighted by Crippen LogP contribution is 2.38. The van der Waals surface area contributed by atoms with E-state index >= 15 is 0 Å². The fraction of sp³-hybridized carbons (Fsp3) is 0.562. The summed E-state index contributed by atoms with van der Waals surface area (Å²) in [7, 11) is -1.86. The van der Waals surface area contributed by atoms with Gasteiger partial charge < -0.3 is 9.64 Å². The maximum atomic E-state index is 13.1. The maximum absolute atomic E-state index is 13.1. The largest absolute Gasteiger partial charge is 0.466 e. The Hall–Kier alpha value is -1.47. The molecule has 1 heterocycles. The van der Waals surface area contributed by atoms with Crippen LogP contribution in [-0.2, 0) is 19.4 Å². The van der Waals surface area contributed by atoms with Crippen molar-refractivity contribution in [1.82, 2.24) is 4.90 Å². The van der Waals surface area contributed by atoms with E-state index in [1.807, 2.05) is 11.9 Å². The summed E-state index contributed by atoms with van der Waals surface area (Å²) in [4.78, 5) is 14.1. The summed E-state index contributed by atoms with van der Waals surface area (Å²) in [6.45, 7) is 3.07. The number of hydrogen-bond donors (Lipinski definition) is 0. The molecule has 0 atom stereocenters. The molecule has 23 heavy (non-hydrogen) atoms. The number of carbonyl (C=O) groups excluding carboxylic acids is 1. The van der Waals surface area contributed by atoms with Gasteiger partial charge in [-0.1, -0.05) is 0 Å². The first-order valence-electron chi connectivity index (χ1n) is 7.65. The second-order valence-corrected chi connectivity index (χ2v) is 8.27. The van der Waals surface area contributed by atoms with Crippen LogP contribution in [0, 0.1) is 5.82 Å². The van der Waals surface area contributed by atoms with E-state index in [1.165, 1.54) is 12.1 Å². The number of halogens is 1. The Balaban J connectivity index is 2.39. The number of sulfone groups is 1. The molecule has 5 nitrogen and oxygen atoms in total. The maximum Gasteiger partial charge on any atom is 0.307 e. The second-order valence-electron chi connectivity index (χ2n) is 5.93. The molecule has 7 heteroatoms. The van der Waals surface area contributed by atoms with Crippen molar-refractivity contribution < 1.29 is 22.3 Å². The lowest BCUT2D eigenvalue weighted by molar-refractivity contribution is -0.144. The van der Waals surface area contributed by atoms with E-state index < -0.39 is 26.4 Å². The lowest BCUT2D eigenvalue weighted by Gasteiger charge is -2.39. The molecule has 0 unspecified atom stereocenters. The molecule has 0 N–H and O–H groups in total. The van der Waals surface area contributed by atoms with E-state index in [4.69, 9.17) is 4.74 Å². The standard InChI is InChI=1S/C16H22FNO4S/c1-3-22-15(19)12-16(8-10-18(2)11-9-16)23(20,21)14-6-4-13(17)5-7-14/h4-7H,3,8-12H2,1-2H3. The van der Waals surface area contributed by atoms with Crippen molar-refractivity contribution in [3.8, 4) is 0 Å². The number of esters is 1. The summed E-state index contributed by atoms with van der Waals surface area (Å²) >= 11 is 0. The van der Waals surface area contributed by atoms with Crippen LogP contribution in [0.3, 0.4) is 0 Å². The molecule has 1 aromatic rings. The van der Waals surface area contributed by atoms with Gasteiger partial charge in [0.2, 0.25) is 0 Å².